The molecule has 0 unspecified atom stereocenters. The van der Waals surface area contributed by atoms with Crippen molar-refractivity contribution in [2.75, 3.05) is 5.32 Å². The van der Waals surface area contributed by atoms with Gasteiger partial charge in [-0.15, -0.1) is 0 Å². The number of nitrogens with zero attached hydrogens (tertiary/aromatic N) is 4. The lowest BCUT2D eigenvalue weighted by Crippen LogP contribution is -2.17. The highest BCUT2D eigenvalue weighted by atomic mass is 16.1. The van der Waals surface area contributed by atoms with Crippen LogP contribution in [0.4, 0.5) is 5.95 Å². The van der Waals surface area contributed by atoms with Gasteiger partial charge in [-0.2, -0.15) is 5.10 Å². The Morgan fingerprint density at radius 1 is 1.11 bits per heavy atom. The van der Waals surface area contributed by atoms with Crippen LogP contribution in [0.1, 0.15) is 73.4 Å². The summed E-state index contributed by atoms with van der Waals surface area (Å²) in [5.41, 5.74) is 4.26. The summed E-state index contributed by atoms with van der Waals surface area (Å²) in [6.07, 6.45) is 13.0. The predicted octanol–water partition coefficient (Wildman–Crippen LogP) is 3.93. The SMILES string of the molecule is Cc1nn(CC2CC2)c(C)c1CC(=O)Nc1ncc(C2CCCCC2)cn1. The Morgan fingerprint density at radius 3 is 2.48 bits per heavy atom. The Morgan fingerprint density at radius 2 is 1.81 bits per heavy atom. The highest BCUT2D eigenvalue weighted by Gasteiger charge is 2.24. The van der Waals surface area contributed by atoms with E-state index >= 15 is 0 Å². The van der Waals surface area contributed by atoms with Gasteiger partial charge in [-0.1, -0.05) is 19.3 Å². The quantitative estimate of drug-likeness (QED) is 0.840. The van der Waals surface area contributed by atoms with Gasteiger partial charge in [-0.3, -0.25) is 14.8 Å². The van der Waals surface area contributed by atoms with E-state index in [1.165, 1.54) is 50.5 Å². The number of carbonyl (C=O) groups excluding carboxylic acids is 1. The van der Waals surface area contributed by atoms with Gasteiger partial charge in [0.1, 0.15) is 0 Å². The first-order valence-corrected chi connectivity index (χ1v) is 10.2. The molecule has 2 aliphatic rings. The van der Waals surface area contributed by atoms with Crippen LogP contribution >= 0.6 is 0 Å². The average molecular weight is 367 g/mol. The van der Waals surface area contributed by atoms with Crippen LogP contribution in [0.5, 0.6) is 0 Å². The Bertz CT molecular complexity index is 801. The zero-order valence-electron chi connectivity index (χ0n) is 16.4. The first-order chi connectivity index (χ1) is 13.1. The van der Waals surface area contributed by atoms with Gasteiger partial charge in [0.05, 0.1) is 12.1 Å². The molecule has 2 saturated carbocycles. The molecule has 6 nitrogen and oxygen atoms in total. The van der Waals surface area contributed by atoms with E-state index in [-0.39, 0.29) is 5.91 Å². The molecule has 0 radical (unpaired) electrons. The van der Waals surface area contributed by atoms with Crippen LogP contribution in [0, 0.1) is 19.8 Å². The molecule has 144 valence electrons. The molecule has 0 atom stereocenters. The first-order valence-electron chi connectivity index (χ1n) is 10.2. The summed E-state index contributed by atoms with van der Waals surface area (Å²) in [6, 6.07) is 0. The first kappa shape index (κ1) is 18.1. The molecule has 2 aromatic heterocycles. The van der Waals surface area contributed by atoms with E-state index < -0.39 is 0 Å². The molecule has 2 aliphatic carbocycles. The van der Waals surface area contributed by atoms with Crippen LogP contribution in [-0.2, 0) is 17.8 Å². The largest absolute Gasteiger partial charge is 0.294 e. The van der Waals surface area contributed by atoms with Crippen LogP contribution in [0.2, 0.25) is 0 Å². The van der Waals surface area contributed by atoms with Crippen LogP contribution in [0.15, 0.2) is 12.4 Å². The summed E-state index contributed by atoms with van der Waals surface area (Å²) >= 11 is 0. The van der Waals surface area contributed by atoms with Crippen LogP contribution in [0.3, 0.4) is 0 Å². The van der Waals surface area contributed by atoms with E-state index in [4.69, 9.17) is 0 Å². The highest BCUT2D eigenvalue weighted by Crippen LogP contribution is 2.32. The normalized spacial score (nSPS) is 17.9. The van der Waals surface area contributed by atoms with Crippen molar-refractivity contribution in [2.45, 2.75) is 77.7 Å². The molecule has 2 heterocycles. The number of aromatic nitrogens is 4. The summed E-state index contributed by atoms with van der Waals surface area (Å²) < 4.78 is 2.06. The van der Waals surface area contributed by atoms with Crippen molar-refractivity contribution in [1.29, 1.82) is 0 Å². The summed E-state index contributed by atoms with van der Waals surface area (Å²) in [6.45, 7) is 5.01. The number of hydrogen-bond donors (Lipinski definition) is 1. The molecule has 0 bridgehead atoms. The maximum absolute atomic E-state index is 12.5. The zero-order valence-corrected chi connectivity index (χ0v) is 16.4. The molecule has 2 aromatic rings. The monoisotopic (exact) mass is 367 g/mol. The van der Waals surface area contributed by atoms with Crippen molar-refractivity contribution in [3.63, 3.8) is 0 Å². The topological polar surface area (TPSA) is 72.7 Å². The van der Waals surface area contributed by atoms with Crippen LogP contribution in [0.25, 0.3) is 0 Å². The molecule has 2 fully saturated rings. The molecule has 6 heteroatoms. The van der Waals surface area contributed by atoms with Gasteiger partial charge >= 0.3 is 0 Å². The molecule has 0 aliphatic heterocycles. The smallest absolute Gasteiger partial charge is 0.231 e. The molecule has 0 saturated heterocycles. The van der Waals surface area contributed by atoms with E-state index in [9.17, 15) is 4.79 Å². The summed E-state index contributed by atoms with van der Waals surface area (Å²) in [5, 5.41) is 7.46. The van der Waals surface area contributed by atoms with Gasteiger partial charge in [0.25, 0.3) is 0 Å². The Labute approximate surface area is 160 Å². The highest BCUT2D eigenvalue weighted by molar-refractivity contribution is 5.90. The number of hydrogen-bond acceptors (Lipinski definition) is 4. The maximum atomic E-state index is 12.5. The fourth-order valence-electron chi connectivity index (χ4n) is 4.09. The number of carbonyl (C=O) groups is 1. The maximum Gasteiger partial charge on any atom is 0.231 e. The molecule has 0 spiro atoms. The fraction of sp³-hybridized carbons (Fsp3) is 0.619. The van der Waals surface area contributed by atoms with E-state index in [2.05, 4.69) is 32.0 Å². The number of rotatable bonds is 6. The van der Waals surface area contributed by atoms with Gasteiger partial charge in [-0.05, 0) is 56.9 Å². The second-order valence-corrected chi connectivity index (χ2v) is 8.17. The minimum atomic E-state index is -0.0856. The third-order valence-corrected chi connectivity index (χ3v) is 6.00. The minimum absolute atomic E-state index is 0.0856. The Hall–Kier alpha value is -2.24. The number of aryl methyl sites for hydroxylation is 1. The fourth-order valence-corrected chi connectivity index (χ4v) is 4.09. The van der Waals surface area contributed by atoms with Crippen molar-refractivity contribution in [3.8, 4) is 0 Å². The Balaban J connectivity index is 1.37. The summed E-state index contributed by atoms with van der Waals surface area (Å²) in [7, 11) is 0. The van der Waals surface area contributed by atoms with Gasteiger partial charge in [0.2, 0.25) is 11.9 Å². The van der Waals surface area contributed by atoms with Crippen molar-refractivity contribution in [3.05, 3.63) is 34.9 Å². The van der Waals surface area contributed by atoms with Crippen LogP contribution < -0.4 is 5.32 Å². The third-order valence-electron chi connectivity index (χ3n) is 6.00. The van der Waals surface area contributed by atoms with E-state index in [0.717, 1.165) is 29.4 Å². The predicted molar refractivity (Wildman–Crippen MR) is 105 cm³/mol. The van der Waals surface area contributed by atoms with Crippen molar-refractivity contribution in [2.24, 2.45) is 5.92 Å². The van der Waals surface area contributed by atoms with Crippen molar-refractivity contribution >= 4 is 11.9 Å². The summed E-state index contributed by atoms with van der Waals surface area (Å²) in [5.74, 6) is 1.64. The average Bonchev–Trinajstić information content (AvgIpc) is 3.46. The standard InChI is InChI=1S/C21H29N5O/c1-14-19(15(2)26(25-14)13-16-8-9-16)10-20(27)24-21-22-11-18(12-23-21)17-6-4-3-5-7-17/h11-12,16-17H,3-10,13H2,1-2H3,(H,22,23,24,27). The molecule has 27 heavy (non-hydrogen) atoms. The van der Waals surface area contributed by atoms with Gasteiger partial charge in [0, 0.05) is 30.2 Å². The number of amides is 1. The second-order valence-electron chi connectivity index (χ2n) is 8.17. The molecule has 1 amide bonds. The van der Waals surface area contributed by atoms with Crippen LogP contribution in [-0.4, -0.2) is 25.7 Å². The third kappa shape index (κ3) is 4.37. The van der Waals surface area contributed by atoms with E-state index in [0.29, 0.717) is 18.3 Å². The molecule has 0 aromatic carbocycles. The summed E-state index contributed by atoms with van der Waals surface area (Å²) in [4.78, 5) is 21.2. The van der Waals surface area contributed by atoms with E-state index in [1.54, 1.807) is 0 Å². The Kier molecular flexibility index (Phi) is 5.23. The molecular formula is C21H29N5O. The van der Waals surface area contributed by atoms with Gasteiger partial charge in [0.15, 0.2) is 0 Å². The van der Waals surface area contributed by atoms with E-state index in [1.807, 2.05) is 19.3 Å². The molecular weight excluding hydrogens is 338 g/mol. The molecule has 1 N–H and O–H groups in total. The number of nitrogens with one attached hydrogen (secondary N) is 1. The minimum Gasteiger partial charge on any atom is -0.294 e. The molecule has 4 rings (SSSR count). The van der Waals surface area contributed by atoms with Crippen molar-refractivity contribution < 1.29 is 4.79 Å². The lowest BCUT2D eigenvalue weighted by atomic mass is 9.85. The van der Waals surface area contributed by atoms with Crippen molar-refractivity contribution in [1.82, 2.24) is 19.7 Å². The lowest BCUT2D eigenvalue weighted by Gasteiger charge is -2.21. The zero-order chi connectivity index (χ0) is 18.8. The lowest BCUT2D eigenvalue weighted by molar-refractivity contribution is -0.115. The second kappa shape index (κ2) is 7.79. The number of anilines is 1. The van der Waals surface area contributed by atoms with Gasteiger partial charge in [-0.25, -0.2) is 9.97 Å². The van der Waals surface area contributed by atoms with Gasteiger partial charge < -0.3 is 0 Å².